The monoisotopic (exact) mass is 144 g/mol. The van der Waals surface area contributed by atoms with Crippen LogP contribution in [0.2, 0.25) is 0 Å². The van der Waals surface area contributed by atoms with Crippen molar-refractivity contribution in [3.05, 3.63) is 0 Å². The molecule has 0 amide bonds. The van der Waals surface area contributed by atoms with E-state index in [0.29, 0.717) is 0 Å². The standard InChI is InChI=1S/C9H20O/c1-6-7-8(2,3)9(4,5)10/h10H,6-7H2,1-5H3. The first-order chi connectivity index (χ1) is 4.31. The maximum absolute atomic E-state index is 9.68. The second-order valence-electron chi connectivity index (χ2n) is 4.19. The summed E-state index contributed by atoms with van der Waals surface area (Å²) in [6.45, 7) is 10.1. The van der Waals surface area contributed by atoms with E-state index in [-0.39, 0.29) is 5.41 Å². The fourth-order valence-corrected chi connectivity index (χ4v) is 0.931. The maximum atomic E-state index is 9.68. The van der Waals surface area contributed by atoms with Crippen molar-refractivity contribution in [2.75, 3.05) is 0 Å². The minimum absolute atomic E-state index is 0.0434. The molecule has 0 heterocycles. The molecule has 0 aromatic carbocycles. The van der Waals surface area contributed by atoms with Gasteiger partial charge in [-0.3, -0.25) is 0 Å². The van der Waals surface area contributed by atoms with E-state index in [1.165, 1.54) is 0 Å². The van der Waals surface area contributed by atoms with Crippen LogP contribution in [0.1, 0.15) is 47.5 Å². The predicted octanol–water partition coefficient (Wildman–Crippen LogP) is 2.58. The Morgan fingerprint density at radius 3 is 1.60 bits per heavy atom. The first-order valence-corrected chi connectivity index (χ1v) is 4.03. The Labute approximate surface area is 64.5 Å². The molecule has 0 radical (unpaired) electrons. The van der Waals surface area contributed by atoms with Crippen LogP contribution in [-0.4, -0.2) is 10.7 Å². The molecule has 0 rings (SSSR count). The van der Waals surface area contributed by atoms with Crippen molar-refractivity contribution in [2.24, 2.45) is 5.41 Å². The van der Waals surface area contributed by atoms with Crippen LogP contribution in [0.25, 0.3) is 0 Å². The molecule has 1 heteroatoms. The highest BCUT2D eigenvalue weighted by Crippen LogP contribution is 2.34. The third-order valence-corrected chi connectivity index (χ3v) is 2.53. The van der Waals surface area contributed by atoms with Gasteiger partial charge in [-0.15, -0.1) is 0 Å². The molecular weight excluding hydrogens is 124 g/mol. The smallest absolute Gasteiger partial charge is 0.0642 e. The lowest BCUT2D eigenvalue weighted by Gasteiger charge is -2.37. The molecule has 0 atom stereocenters. The Kier molecular flexibility index (Phi) is 2.90. The van der Waals surface area contributed by atoms with E-state index in [1.807, 2.05) is 13.8 Å². The minimum Gasteiger partial charge on any atom is -0.390 e. The molecule has 0 fully saturated rings. The summed E-state index contributed by atoms with van der Waals surface area (Å²) in [5.74, 6) is 0. The zero-order chi connectivity index (χ0) is 8.41. The molecule has 0 aliphatic rings. The summed E-state index contributed by atoms with van der Waals surface area (Å²) in [6, 6.07) is 0. The van der Waals surface area contributed by atoms with Crippen molar-refractivity contribution in [1.29, 1.82) is 0 Å². The fourth-order valence-electron chi connectivity index (χ4n) is 0.931. The highest BCUT2D eigenvalue weighted by molar-refractivity contribution is 4.84. The quantitative estimate of drug-likeness (QED) is 0.645. The lowest BCUT2D eigenvalue weighted by molar-refractivity contribution is -0.0396. The summed E-state index contributed by atoms with van der Waals surface area (Å²) < 4.78 is 0. The van der Waals surface area contributed by atoms with Crippen LogP contribution >= 0.6 is 0 Å². The zero-order valence-electron chi connectivity index (χ0n) is 7.86. The molecule has 0 unspecified atom stereocenters. The van der Waals surface area contributed by atoms with Gasteiger partial charge in [0.2, 0.25) is 0 Å². The highest BCUT2D eigenvalue weighted by Gasteiger charge is 2.33. The van der Waals surface area contributed by atoms with E-state index in [9.17, 15) is 5.11 Å². The average Bonchev–Trinajstić information content (AvgIpc) is 1.61. The Morgan fingerprint density at radius 2 is 1.50 bits per heavy atom. The van der Waals surface area contributed by atoms with Crippen LogP contribution in [0, 0.1) is 5.41 Å². The van der Waals surface area contributed by atoms with Gasteiger partial charge in [0.15, 0.2) is 0 Å². The fraction of sp³-hybridized carbons (Fsp3) is 1.00. The average molecular weight is 144 g/mol. The van der Waals surface area contributed by atoms with Crippen molar-refractivity contribution in [1.82, 2.24) is 0 Å². The van der Waals surface area contributed by atoms with Gasteiger partial charge in [-0.25, -0.2) is 0 Å². The molecule has 0 saturated heterocycles. The van der Waals surface area contributed by atoms with Crippen molar-refractivity contribution >= 4 is 0 Å². The summed E-state index contributed by atoms with van der Waals surface area (Å²) in [5, 5.41) is 9.68. The van der Waals surface area contributed by atoms with Gasteiger partial charge in [0.25, 0.3) is 0 Å². The second kappa shape index (κ2) is 2.91. The van der Waals surface area contributed by atoms with E-state index >= 15 is 0 Å². The molecule has 0 aromatic rings. The minimum atomic E-state index is -0.553. The first kappa shape index (κ1) is 9.96. The van der Waals surface area contributed by atoms with Crippen molar-refractivity contribution in [3.63, 3.8) is 0 Å². The normalized spacial score (nSPS) is 13.8. The molecule has 1 N–H and O–H groups in total. The van der Waals surface area contributed by atoms with Crippen LogP contribution in [0.15, 0.2) is 0 Å². The lowest BCUT2D eigenvalue weighted by atomic mass is 9.74. The van der Waals surface area contributed by atoms with Crippen LogP contribution in [-0.2, 0) is 0 Å². The maximum Gasteiger partial charge on any atom is 0.0642 e. The van der Waals surface area contributed by atoms with Crippen LogP contribution < -0.4 is 0 Å². The van der Waals surface area contributed by atoms with E-state index in [2.05, 4.69) is 20.8 Å². The van der Waals surface area contributed by atoms with Gasteiger partial charge >= 0.3 is 0 Å². The van der Waals surface area contributed by atoms with Gasteiger partial charge in [-0.05, 0) is 25.7 Å². The lowest BCUT2D eigenvalue weighted by Crippen LogP contribution is -2.38. The molecular formula is C9H20O. The largest absolute Gasteiger partial charge is 0.390 e. The summed E-state index contributed by atoms with van der Waals surface area (Å²) >= 11 is 0. The Morgan fingerprint density at radius 1 is 1.10 bits per heavy atom. The molecule has 62 valence electrons. The zero-order valence-corrected chi connectivity index (χ0v) is 7.86. The summed E-state index contributed by atoms with van der Waals surface area (Å²) in [4.78, 5) is 0. The summed E-state index contributed by atoms with van der Waals surface area (Å²) in [6.07, 6.45) is 2.22. The van der Waals surface area contributed by atoms with E-state index in [4.69, 9.17) is 0 Å². The number of rotatable bonds is 3. The van der Waals surface area contributed by atoms with Crippen molar-refractivity contribution in [2.45, 2.75) is 53.1 Å². The summed E-state index contributed by atoms with van der Waals surface area (Å²) in [5.41, 5.74) is -0.509. The molecule has 0 bridgehead atoms. The Balaban J connectivity index is 4.10. The molecule has 0 aliphatic carbocycles. The second-order valence-corrected chi connectivity index (χ2v) is 4.19. The number of hydrogen-bond acceptors (Lipinski definition) is 1. The van der Waals surface area contributed by atoms with E-state index in [1.54, 1.807) is 0 Å². The van der Waals surface area contributed by atoms with Gasteiger partial charge in [0.1, 0.15) is 0 Å². The van der Waals surface area contributed by atoms with Crippen molar-refractivity contribution < 1.29 is 5.11 Å². The first-order valence-electron chi connectivity index (χ1n) is 4.03. The van der Waals surface area contributed by atoms with Gasteiger partial charge in [-0.2, -0.15) is 0 Å². The third kappa shape index (κ3) is 2.30. The summed E-state index contributed by atoms with van der Waals surface area (Å²) in [7, 11) is 0. The van der Waals surface area contributed by atoms with Crippen molar-refractivity contribution in [3.8, 4) is 0 Å². The molecule has 0 spiro atoms. The SMILES string of the molecule is CCCC(C)(C)C(C)(C)O. The highest BCUT2D eigenvalue weighted by atomic mass is 16.3. The molecule has 0 saturated carbocycles. The van der Waals surface area contributed by atoms with Gasteiger partial charge < -0.3 is 5.11 Å². The molecule has 1 nitrogen and oxygen atoms in total. The van der Waals surface area contributed by atoms with Crippen LogP contribution in [0.3, 0.4) is 0 Å². The van der Waals surface area contributed by atoms with Gasteiger partial charge in [0.05, 0.1) is 5.60 Å². The Bertz CT molecular complexity index is 97.8. The topological polar surface area (TPSA) is 20.2 Å². The Hall–Kier alpha value is -0.0400. The predicted molar refractivity (Wildman–Crippen MR) is 45.0 cm³/mol. The number of aliphatic hydroxyl groups is 1. The number of hydrogen-bond donors (Lipinski definition) is 1. The third-order valence-electron chi connectivity index (χ3n) is 2.53. The van der Waals surface area contributed by atoms with Crippen LogP contribution in [0.4, 0.5) is 0 Å². The van der Waals surface area contributed by atoms with E-state index in [0.717, 1.165) is 12.8 Å². The van der Waals surface area contributed by atoms with Gasteiger partial charge in [-0.1, -0.05) is 27.2 Å². The van der Waals surface area contributed by atoms with E-state index < -0.39 is 5.60 Å². The van der Waals surface area contributed by atoms with Gasteiger partial charge in [0, 0.05) is 0 Å². The van der Waals surface area contributed by atoms with Crippen LogP contribution in [0.5, 0.6) is 0 Å². The molecule has 0 aliphatic heterocycles. The molecule has 10 heavy (non-hydrogen) atoms. The molecule has 0 aromatic heterocycles.